The lowest BCUT2D eigenvalue weighted by atomic mass is 9.88. The van der Waals surface area contributed by atoms with E-state index < -0.39 is 13.7 Å². The van der Waals surface area contributed by atoms with E-state index in [4.69, 9.17) is 4.42 Å². The maximum absolute atomic E-state index is 7.01. The lowest BCUT2D eigenvalue weighted by Crippen LogP contribution is -2.72. The summed E-state index contributed by atoms with van der Waals surface area (Å²) in [5, 5.41) is 3.84. The van der Waals surface area contributed by atoms with Gasteiger partial charge in [0.2, 0.25) is 5.69 Å². The van der Waals surface area contributed by atoms with Crippen molar-refractivity contribution >= 4 is 46.2 Å². The molecule has 8 aromatic rings. The second-order valence-electron chi connectivity index (χ2n) is 16.7. The van der Waals surface area contributed by atoms with Crippen molar-refractivity contribution in [1.82, 2.24) is 4.57 Å². The molecule has 1 unspecified atom stereocenters. The zero-order chi connectivity index (χ0) is 35.8. The van der Waals surface area contributed by atoms with Crippen molar-refractivity contribution in [3.63, 3.8) is 0 Å². The molecule has 2 aliphatic rings. The molecule has 4 nitrogen and oxygen atoms in total. The van der Waals surface area contributed by atoms with Crippen molar-refractivity contribution in [1.29, 1.82) is 0 Å². The summed E-state index contributed by atoms with van der Waals surface area (Å²) in [5.74, 6) is 1.72. The van der Waals surface area contributed by atoms with Gasteiger partial charge in [0.05, 0.1) is 24.8 Å². The lowest BCUT2D eigenvalue weighted by molar-refractivity contribution is -0.944. The molecule has 0 saturated heterocycles. The van der Waals surface area contributed by atoms with Gasteiger partial charge >= 0.3 is 11.5 Å². The van der Waals surface area contributed by atoms with Gasteiger partial charge in [0.25, 0.3) is 0 Å². The van der Waals surface area contributed by atoms with Crippen LogP contribution >= 0.6 is 0 Å². The molecule has 0 fully saturated rings. The molecule has 5 heteroatoms. The summed E-state index contributed by atoms with van der Waals surface area (Å²) in [6.07, 6.45) is 3.65. The number of pyridine rings is 1. The molecule has 5 aromatic carbocycles. The monoisotopic (exact) mass is 695 g/mol. The van der Waals surface area contributed by atoms with Crippen LogP contribution in [0.4, 0.5) is 0 Å². The number of aromatic nitrogens is 3. The van der Waals surface area contributed by atoms with Crippen LogP contribution in [-0.2, 0) is 12.1 Å². The molecule has 10 rings (SSSR count). The Kier molecular flexibility index (Phi) is 6.44. The van der Waals surface area contributed by atoms with Gasteiger partial charge in [-0.15, -0.1) is 9.13 Å². The van der Waals surface area contributed by atoms with Crippen LogP contribution < -0.4 is 14.3 Å². The molecular weight excluding hydrogens is 651 g/mol. The van der Waals surface area contributed by atoms with Crippen molar-refractivity contribution in [3.05, 3.63) is 143 Å². The number of benzene rings is 5. The first-order valence-electron chi connectivity index (χ1n) is 18.8. The fraction of sp³-hybridized carbons (Fsp3) is 0.234. The van der Waals surface area contributed by atoms with Crippen molar-refractivity contribution in [2.45, 2.75) is 66.3 Å². The van der Waals surface area contributed by atoms with Crippen LogP contribution in [0.2, 0.25) is 19.6 Å². The Morgan fingerprint density at radius 2 is 1.52 bits per heavy atom. The molecule has 1 spiro atoms. The first-order chi connectivity index (χ1) is 25.0. The Bertz CT molecular complexity index is 2810. The number of para-hydroxylation sites is 4. The maximum Gasteiger partial charge on any atom is 0.364 e. The van der Waals surface area contributed by atoms with E-state index in [0.29, 0.717) is 5.92 Å². The highest BCUT2D eigenvalue weighted by Gasteiger charge is 2.67. The largest absolute Gasteiger partial charge is 0.455 e. The van der Waals surface area contributed by atoms with E-state index >= 15 is 0 Å². The highest BCUT2D eigenvalue weighted by atomic mass is 28.3. The van der Waals surface area contributed by atoms with E-state index in [1.165, 1.54) is 72.1 Å². The molecule has 256 valence electrons. The Hall–Kier alpha value is -5.26. The topological polar surface area (TPSA) is 25.8 Å². The molecule has 1 atom stereocenters. The summed E-state index contributed by atoms with van der Waals surface area (Å²) in [4.78, 5) is 0. The quantitative estimate of drug-likeness (QED) is 0.133. The number of hydrogen-bond acceptors (Lipinski definition) is 1. The minimum absolute atomic E-state index is 0.566. The molecule has 0 amide bonds. The summed E-state index contributed by atoms with van der Waals surface area (Å²) < 4.78 is 14.9. The third-order valence-corrected chi connectivity index (χ3v) is 13.8. The van der Waals surface area contributed by atoms with Crippen molar-refractivity contribution in [2.24, 2.45) is 5.92 Å². The van der Waals surface area contributed by atoms with E-state index in [9.17, 15) is 0 Å². The number of rotatable bonds is 4. The minimum atomic E-state index is -1.79. The van der Waals surface area contributed by atoms with Crippen molar-refractivity contribution in [3.8, 4) is 28.3 Å². The fourth-order valence-corrected chi connectivity index (χ4v) is 11.3. The molecule has 0 saturated carbocycles. The highest BCUT2D eigenvalue weighted by molar-refractivity contribution is 6.89. The number of aryl methyl sites for hydroxylation is 3. The Labute approximate surface area is 306 Å². The van der Waals surface area contributed by atoms with Gasteiger partial charge in [-0.2, -0.15) is 4.57 Å². The molecule has 0 aliphatic carbocycles. The Morgan fingerprint density at radius 3 is 2.29 bits per heavy atom. The van der Waals surface area contributed by atoms with E-state index in [0.717, 1.165) is 34.2 Å². The molecule has 3 aromatic heterocycles. The normalized spacial score (nSPS) is 16.0. The average molecular weight is 696 g/mol. The van der Waals surface area contributed by atoms with Gasteiger partial charge in [0.1, 0.15) is 16.8 Å². The van der Waals surface area contributed by atoms with E-state index in [1.54, 1.807) is 0 Å². The van der Waals surface area contributed by atoms with Crippen molar-refractivity contribution in [2.75, 3.05) is 0 Å². The zero-order valence-electron chi connectivity index (χ0n) is 31.4. The molecule has 5 heterocycles. The molecular formula is C47H45N3OSi+2. The van der Waals surface area contributed by atoms with Gasteiger partial charge in [-0.05, 0) is 92.3 Å². The molecule has 2 aliphatic heterocycles. The smallest absolute Gasteiger partial charge is 0.364 e. The Balaban J connectivity index is 1.48. The highest BCUT2D eigenvalue weighted by Crippen LogP contribution is 2.52. The first kappa shape index (κ1) is 31.5. The molecule has 0 bridgehead atoms. The predicted molar refractivity (Wildman–Crippen MR) is 216 cm³/mol. The van der Waals surface area contributed by atoms with Crippen LogP contribution in [0.3, 0.4) is 0 Å². The summed E-state index contributed by atoms with van der Waals surface area (Å²) in [5.41, 5.74) is 16.4. The summed E-state index contributed by atoms with van der Waals surface area (Å²) in [7, 11) is -1.79. The third-order valence-electron chi connectivity index (χ3n) is 11.7. The van der Waals surface area contributed by atoms with Crippen LogP contribution in [0.15, 0.2) is 114 Å². The van der Waals surface area contributed by atoms with E-state index in [-0.39, 0.29) is 0 Å². The number of fused-ring (bicyclic) bond motifs is 16. The molecule has 52 heavy (non-hydrogen) atoms. The second kappa shape index (κ2) is 10.6. The van der Waals surface area contributed by atoms with E-state index in [1.807, 2.05) is 0 Å². The molecule has 0 radical (unpaired) electrons. The standard InChI is InChI=1S/C47H45N3OSi/c1-28(2)24-32-26-40-35-21-20-29(3)25-37(35)47(48(40)27-42(32)52(6,7)8)36-23-22-34-33-16-9-12-19-41(33)51-45(34)43(36)46-49(44-30(4)14-13-15-31(44)5)38-17-10-11-18-39(38)50(46)47/h9-23,25-28H,24H2,1-8H3/q+2. The van der Waals surface area contributed by atoms with Crippen LogP contribution in [0, 0.1) is 26.7 Å². The first-order valence-corrected chi connectivity index (χ1v) is 22.3. The number of imidazole rings is 1. The number of nitrogens with zero attached hydrogens (tertiary/aromatic N) is 3. The zero-order valence-corrected chi connectivity index (χ0v) is 32.4. The van der Waals surface area contributed by atoms with Gasteiger partial charge in [0.15, 0.2) is 22.8 Å². The van der Waals surface area contributed by atoms with Crippen LogP contribution in [0.1, 0.15) is 47.2 Å². The third kappa shape index (κ3) is 3.97. The maximum atomic E-state index is 7.01. The number of hydrogen-bond donors (Lipinski definition) is 0. The van der Waals surface area contributed by atoms with Crippen LogP contribution in [-0.4, -0.2) is 12.6 Å². The SMILES string of the molecule is Cc1ccc2c(c1)C1(c3ccc4c(oc5ccccc54)c3-c3n(-c4c(C)cccc4C)c4ccccc4[n+]31)[n+]1cc([Si](C)(C)C)c(CC(C)C)cc1-2. The average Bonchev–Trinajstić information content (AvgIpc) is 3.80. The summed E-state index contributed by atoms with van der Waals surface area (Å²) in [6.45, 7) is 18.9. The van der Waals surface area contributed by atoms with Gasteiger partial charge in [-0.3, -0.25) is 0 Å². The van der Waals surface area contributed by atoms with E-state index in [2.05, 4.69) is 177 Å². The van der Waals surface area contributed by atoms with Gasteiger partial charge in [-0.25, -0.2) is 0 Å². The van der Waals surface area contributed by atoms with Gasteiger partial charge < -0.3 is 4.42 Å². The Morgan fingerprint density at radius 1 is 0.769 bits per heavy atom. The second-order valence-corrected chi connectivity index (χ2v) is 21.8. The predicted octanol–water partition coefficient (Wildman–Crippen LogP) is 10.0. The number of furan rings is 1. The van der Waals surface area contributed by atoms with Crippen LogP contribution in [0.5, 0.6) is 0 Å². The summed E-state index contributed by atoms with van der Waals surface area (Å²) in [6, 6.07) is 38.6. The van der Waals surface area contributed by atoms with Gasteiger partial charge in [-0.1, -0.05) is 93.6 Å². The lowest BCUT2D eigenvalue weighted by Gasteiger charge is -2.24. The fourth-order valence-electron chi connectivity index (χ4n) is 9.68. The van der Waals surface area contributed by atoms with Crippen molar-refractivity contribution < 1.29 is 13.6 Å². The minimum Gasteiger partial charge on any atom is -0.455 e. The van der Waals surface area contributed by atoms with Crippen LogP contribution in [0.25, 0.3) is 61.3 Å². The molecule has 0 N–H and O–H groups in total. The summed E-state index contributed by atoms with van der Waals surface area (Å²) >= 11 is 0. The van der Waals surface area contributed by atoms with Gasteiger partial charge in [0, 0.05) is 22.0 Å².